The van der Waals surface area contributed by atoms with Crippen LogP contribution in [0.2, 0.25) is 0 Å². The van der Waals surface area contributed by atoms with Crippen molar-refractivity contribution in [2.75, 3.05) is 39.8 Å². The minimum Gasteiger partial charge on any atom is -0.495 e. The van der Waals surface area contributed by atoms with Crippen LogP contribution in [0.25, 0.3) is 17.0 Å². The molecule has 0 saturated carbocycles. The van der Waals surface area contributed by atoms with Crippen molar-refractivity contribution in [2.45, 2.75) is 44.3 Å². The van der Waals surface area contributed by atoms with Gasteiger partial charge in [0.05, 0.1) is 24.8 Å². The Hall–Kier alpha value is -3.27. The summed E-state index contributed by atoms with van der Waals surface area (Å²) in [6.45, 7) is 4.80. The zero-order chi connectivity index (χ0) is 28.4. The highest BCUT2D eigenvalue weighted by molar-refractivity contribution is 5.92. The first-order valence-corrected chi connectivity index (χ1v) is 13.9. The number of piperidine rings is 2. The summed E-state index contributed by atoms with van der Waals surface area (Å²) in [5.74, 6) is -0.746. The van der Waals surface area contributed by atoms with Gasteiger partial charge in [0, 0.05) is 55.3 Å². The largest absolute Gasteiger partial charge is 0.495 e. The number of β-amino-alcohol motifs (C(OH)–C–C–N with tert-alkyl or cyclic N) is 2. The van der Waals surface area contributed by atoms with Crippen LogP contribution in [0.1, 0.15) is 42.0 Å². The van der Waals surface area contributed by atoms with Crippen molar-refractivity contribution in [3.63, 3.8) is 0 Å². The van der Waals surface area contributed by atoms with Crippen LogP contribution in [0.15, 0.2) is 42.5 Å². The van der Waals surface area contributed by atoms with Crippen LogP contribution in [0.4, 0.5) is 8.78 Å². The molecule has 2 aliphatic rings. The summed E-state index contributed by atoms with van der Waals surface area (Å²) in [6, 6.07) is 9.10. The van der Waals surface area contributed by atoms with Crippen LogP contribution in [0.3, 0.4) is 0 Å². The third-order valence-electron chi connectivity index (χ3n) is 8.43. The molecule has 3 unspecified atom stereocenters. The van der Waals surface area contributed by atoms with E-state index in [0.717, 1.165) is 46.9 Å². The summed E-state index contributed by atoms with van der Waals surface area (Å²) < 4.78 is 32.3. The Bertz CT molecular complexity index is 1360. The summed E-state index contributed by atoms with van der Waals surface area (Å²) in [6.07, 6.45) is 3.78. The van der Waals surface area contributed by atoms with E-state index in [0.29, 0.717) is 44.6 Å². The minimum absolute atomic E-state index is 0.000395. The molecule has 2 aromatic carbocycles. The number of aromatic nitrogens is 1. The van der Waals surface area contributed by atoms with E-state index in [1.54, 1.807) is 12.0 Å². The number of hydrogen-bond acceptors (Lipinski definition) is 5. The van der Waals surface area contributed by atoms with Crippen molar-refractivity contribution >= 4 is 22.9 Å². The number of aliphatic hydroxyl groups is 2. The van der Waals surface area contributed by atoms with Crippen LogP contribution >= 0.6 is 0 Å². The predicted molar refractivity (Wildman–Crippen MR) is 150 cm³/mol. The Kier molecular flexibility index (Phi) is 8.54. The smallest absolute Gasteiger partial charge is 0.246 e. The maximum atomic E-state index is 13.4. The van der Waals surface area contributed by atoms with E-state index in [1.165, 1.54) is 24.3 Å². The van der Waals surface area contributed by atoms with Gasteiger partial charge in [-0.25, -0.2) is 8.78 Å². The second-order valence-electron chi connectivity index (χ2n) is 11.0. The molecule has 3 aromatic rings. The molecule has 2 fully saturated rings. The van der Waals surface area contributed by atoms with Gasteiger partial charge in [0.25, 0.3) is 0 Å². The van der Waals surface area contributed by atoms with Crippen LogP contribution in [0.5, 0.6) is 5.75 Å². The number of aliphatic hydroxyl groups excluding tert-OH is 2. The summed E-state index contributed by atoms with van der Waals surface area (Å²) in [5, 5.41) is 23.2. The van der Waals surface area contributed by atoms with Crippen LogP contribution in [0, 0.1) is 24.5 Å². The Morgan fingerprint density at radius 3 is 2.55 bits per heavy atom. The van der Waals surface area contributed by atoms with Gasteiger partial charge in [0.15, 0.2) is 0 Å². The molecule has 0 bridgehead atoms. The van der Waals surface area contributed by atoms with E-state index in [2.05, 4.69) is 16.0 Å². The second kappa shape index (κ2) is 12.1. The van der Waals surface area contributed by atoms with Crippen molar-refractivity contribution in [2.24, 2.45) is 5.92 Å². The van der Waals surface area contributed by atoms with Gasteiger partial charge in [-0.1, -0.05) is 12.1 Å². The van der Waals surface area contributed by atoms with Gasteiger partial charge in [-0.3, -0.25) is 9.69 Å². The number of halogens is 2. The van der Waals surface area contributed by atoms with Gasteiger partial charge < -0.3 is 24.8 Å². The molecule has 1 aromatic heterocycles. The van der Waals surface area contributed by atoms with E-state index in [-0.39, 0.29) is 17.7 Å². The van der Waals surface area contributed by atoms with Gasteiger partial charge >= 0.3 is 0 Å². The van der Waals surface area contributed by atoms with E-state index >= 15 is 0 Å². The number of aromatic amines is 1. The molecule has 2 aliphatic heterocycles. The summed E-state index contributed by atoms with van der Waals surface area (Å²) >= 11 is 0. The third-order valence-corrected chi connectivity index (χ3v) is 8.43. The zero-order valence-corrected chi connectivity index (χ0v) is 22.9. The molecular weight excluding hydrogens is 516 g/mol. The SMILES string of the molecule is COc1cccc2c(C3CCN(CC(O)C4CCN(C(=O)/C=C/c5cc(F)cc(F)c5)CC4)CC3O)c(C)[nH]c12. The number of para-hydroxylation sites is 1. The van der Waals surface area contributed by atoms with Gasteiger partial charge in [-0.15, -0.1) is 0 Å². The van der Waals surface area contributed by atoms with E-state index in [1.807, 2.05) is 19.1 Å². The molecule has 0 aliphatic carbocycles. The summed E-state index contributed by atoms with van der Waals surface area (Å²) in [4.78, 5) is 19.8. The number of benzene rings is 2. The normalized spacial score (nSPS) is 21.8. The Balaban J connectivity index is 1.12. The van der Waals surface area contributed by atoms with Gasteiger partial charge in [-0.2, -0.15) is 0 Å². The molecule has 3 atom stereocenters. The molecule has 2 saturated heterocycles. The number of H-pyrrole nitrogens is 1. The van der Waals surface area contributed by atoms with Crippen molar-refractivity contribution in [1.29, 1.82) is 0 Å². The number of amides is 1. The molecule has 7 nitrogen and oxygen atoms in total. The van der Waals surface area contributed by atoms with Crippen LogP contribution in [-0.2, 0) is 4.79 Å². The standard InChI is InChI=1S/C31H37F2N3O4/c1-19-30(25-4-3-5-28(40-2)31(25)34-19)24-10-11-35(18-27(24)38)17-26(37)21-8-12-36(13-9-21)29(39)7-6-20-14-22(32)16-23(33)15-20/h3-7,14-16,21,24,26-27,34,37-38H,8-13,17-18H2,1-2H3/b7-6+. The topological polar surface area (TPSA) is 89.0 Å². The Morgan fingerprint density at radius 1 is 1.15 bits per heavy atom. The van der Waals surface area contributed by atoms with Crippen LogP contribution in [-0.4, -0.2) is 82.9 Å². The molecule has 0 spiro atoms. The number of nitrogens with one attached hydrogen (secondary N) is 1. The lowest BCUT2D eigenvalue weighted by Gasteiger charge is -2.39. The number of nitrogens with zero attached hydrogens (tertiary/aromatic N) is 2. The average molecular weight is 554 g/mol. The number of rotatable bonds is 7. The average Bonchev–Trinajstić information content (AvgIpc) is 3.27. The van der Waals surface area contributed by atoms with Gasteiger partial charge in [0.1, 0.15) is 17.4 Å². The molecule has 9 heteroatoms. The first-order valence-electron chi connectivity index (χ1n) is 13.9. The van der Waals surface area contributed by atoms with E-state index < -0.39 is 23.8 Å². The lowest BCUT2D eigenvalue weighted by atomic mass is 9.84. The van der Waals surface area contributed by atoms with Gasteiger partial charge in [-0.05, 0) is 74.1 Å². The molecule has 3 heterocycles. The van der Waals surface area contributed by atoms with Crippen LogP contribution < -0.4 is 4.74 Å². The number of carbonyl (C=O) groups is 1. The third kappa shape index (κ3) is 6.06. The van der Waals surface area contributed by atoms with Crippen molar-refractivity contribution in [3.8, 4) is 5.75 Å². The molecule has 1 amide bonds. The molecule has 0 radical (unpaired) electrons. The first-order chi connectivity index (χ1) is 19.2. The quantitative estimate of drug-likeness (QED) is 0.381. The Labute approximate surface area is 233 Å². The zero-order valence-electron chi connectivity index (χ0n) is 22.9. The molecule has 5 rings (SSSR count). The first kappa shape index (κ1) is 28.3. The lowest BCUT2D eigenvalue weighted by molar-refractivity contribution is -0.128. The molecular formula is C31H37F2N3O4. The highest BCUT2D eigenvalue weighted by Crippen LogP contribution is 2.38. The number of likely N-dealkylation sites (tertiary alicyclic amines) is 2. The monoisotopic (exact) mass is 553 g/mol. The number of fused-ring (bicyclic) bond motifs is 1. The molecule has 214 valence electrons. The summed E-state index contributed by atoms with van der Waals surface area (Å²) in [5.41, 5.74) is 3.42. The number of aryl methyl sites for hydroxylation is 1. The number of carbonyl (C=O) groups excluding carboxylic acids is 1. The van der Waals surface area contributed by atoms with Gasteiger partial charge in [0.2, 0.25) is 5.91 Å². The number of ether oxygens (including phenoxy) is 1. The fourth-order valence-electron chi connectivity index (χ4n) is 6.35. The lowest BCUT2D eigenvalue weighted by Crippen LogP contribution is -2.48. The number of hydrogen-bond donors (Lipinski definition) is 3. The molecule has 3 N–H and O–H groups in total. The molecule has 40 heavy (non-hydrogen) atoms. The van der Waals surface area contributed by atoms with Crippen molar-refractivity contribution in [1.82, 2.24) is 14.8 Å². The predicted octanol–water partition coefficient (Wildman–Crippen LogP) is 4.23. The fraction of sp³-hybridized carbons (Fsp3) is 0.452. The van der Waals surface area contributed by atoms with E-state index in [4.69, 9.17) is 4.74 Å². The number of methoxy groups -OCH3 is 1. The van der Waals surface area contributed by atoms with Crippen molar-refractivity contribution in [3.05, 3.63) is 70.9 Å². The van der Waals surface area contributed by atoms with E-state index in [9.17, 15) is 23.8 Å². The maximum absolute atomic E-state index is 13.4. The highest BCUT2D eigenvalue weighted by atomic mass is 19.1. The fourth-order valence-corrected chi connectivity index (χ4v) is 6.35. The van der Waals surface area contributed by atoms with Crippen molar-refractivity contribution < 1.29 is 28.5 Å². The second-order valence-corrected chi connectivity index (χ2v) is 11.0. The minimum atomic E-state index is -0.688. The maximum Gasteiger partial charge on any atom is 0.246 e. The summed E-state index contributed by atoms with van der Waals surface area (Å²) in [7, 11) is 1.65. The Morgan fingerprint density at radius 2 is 1.88 bits per heavy atom. The highest BCUT2D eigenvalue weighted by Gasteiger charge is 2.34.